The number of hydrogen-bond donors (Lipinski definition) is 1. The third kappa shape index (κ3) is 3.35. The second-order valence-corrected chi connectivity index (χ2v) is 5.61. The van der Waals surface area contributed by atoms with Gasteiger partial charge < -0.3 is 10.1 Å². The number of rotatable bonds is 3. The molecule has 1 aliphatic carbocycles. The van der Waals surface area contributed by atoms with Gasteiger partial charge in [0.05, 0.1) is 6.10 Å². The first-order chi connectivity index (χ1) is 7.78. The summed E-state index contributed by atoms with van der Waals surface area (Å²) in [5.74, 6) is 0. The average Bonchev–Trinajstić information content (AvgIpc) is 2.30. The van der Waals surface area contributed by atoms with Gasteiger partial charge in [-0.15, -0.1) is 0 Å². The van der Waals surface area contributed by atoms with E-state index >= 15 is 0 Å². The van der Waals surface area contributed by atoms with Crippen LogP contribution in [0.5, 0.6) is 0 Å². The van der Waals surface area contributed by atoms with E-state index in [2.05, 4.69) is 52.2 Å². The summed E-state index contributed by atoms with van der Waals surface area (Å²) in [6, 6.07) is 9.18. The van der Waals surface area contributed by atoms with Gasteiger partial charge in [-0.2, -0.15) is 0 Å². The number of ether oxygens (including phenoxy) is 1. The monoisotopic (exact) mass is 331 g/mol. The zero-order chi connectivity index (χ0) is 11.4. The highest BCUT2D eigenvalue weighted by atomic mass is 127. The fourth-order valence-electron chi connectivity index (χ4n) is 2.26. The number of benzene rings is 1. The van der Waals surface area contributed by atoms with Gasteiger partial charge in [-0.1, -0.05) is 6.07 Å². The molecule has 0 amide bonds. The van der Waals surface area contributed by atoms with E-state index in [1.807, 2.05) is 7.11 Å². The Morgan fingerprint density at radius 2 is 2.00 bits per heavy atom. The SMILES string of the molecule is COC1CCC(Nc2cccc(I)c2)CC1. The lowest BCUT2D eigenvalue weighted by atomic mass is 9.93. The summed E-state index contributed by atoms with van der Waals surface area (Å²) in [4.78, 5) is 0. The molecule has 1 saturated carbocycles. The van der Waals surface area contributed by atoms with Crippen molar-refractivity contribution in [3.63, 3.8) is 0 Å². The molecule has 16 heavy (non-hydrogen) atoms. The highest BCUT2D eigenvalue weighted by Crippen LogP contribution is 2.24. The normalized spacial score (nSPS) is 25.4. The van der Waals surface area contributed by atoms with Gasteiger partial charge in [-0.05, 0) is 66.5 Å². The highest BCUT2D eigenvalue weighted by Gasteiger charge is 2.20. The zero-order valence-electron chi connectivity index (χ0n) is 9.58. The maximum absolute atomic E-state index is 5.38. The Bertz CT molecular complexity index is 334. The van der Waals surface area contributed by atoms with Gasteiger partial charge in [-0.25, -0.2) is 0 Å². The molecule has 0 spiro atoms. The number of halogens is 1. The minimum Gasteiger partial charge on any atom is -0.382 e. The molecule has 0 aliphatic heterocycles. The van der Waals surface area contributed by atoms with Gasteiger partial charge in [0.15, 0.2) is 0 Å². The smallest absolute Gasteiger partial charge is 0.0572 e. The average molecular weight is 331 g/mol. The molecule has 1 N–H and O–H groups in total. The van der Waals surface area contributed by atoms with Gasteiger partial charge in [0.2, 0.25) is 0 Å². The maximum Gasteiger partial charge on any atom is 0.0572 e. The Balaban J connectivity index is 1.87. The standard InChI is InChI=1S/C13H18INO/c1-16-13-7-5-11(6-8-13)15-12-4-2-3-10(14)9-12/h2-4,9,11,13,15H,5-8H2,1H3. The van der Waals surface area contributed by atoms with E-state index in [0.717, 1.165) is 0 Å². The molecule has 0 heterocycles. The van der Waals surface area contributed by atoms with E-state index in [1.54, 1.807) is 0 Å². The molecule has 0 aromatic heterocycles. The molecule has 1 fully saturated rings. The second kappa shape index (κ2) is 5.87. The van der Waals surface area contributed by atoms with Crippen LogP contribution in [0.15, 0.2) is 24.3 Å². The lowest BCUT2D eigenvalue weighted by Gasteiger charge is -2.28. The molecule has 3 heteroatoms. The second-order valence-electron chi connectivity index (χ2n) is 4.36. The molecule has 0 saturated heterocycles. The van der Waals surface area contributed by atoms with Crippen molar-refractivity contribution in [2.45, 2.75) is 37.8 Å². The Kier molecular flexibility index (Phi) is 4.46. The minimum absolute atomic E-state index is 0.481. The Morgan fingerprint density at radius 3 is 2.62 bits per heavy atom. The van der Waals surface area contributed by atoms with Crippen LogP contribution in [0.2, 0.25) is 0 Å². The van der Waals surface area contributed by atoms with Crippen LogP contribution in [-0.2, 0) is 4.74 Å². The fraction of sp³-hybridized carbons (Fsp3) is 0.538. The van der Waals surface area contributed by atoms with Crippen LogP contribution in [0.25, 0.3) is 0 Å². The first kappa shape index (κ1) is 12.2. The summed E-state index contributed by atoms with van der Waals surface area (Å²) >= 11 is 2.35. The molecule has 0 unspecified atom stereocenters. The molecule has 2 rings (SSSR count). The Labute approximate surface area is 111 Å². The molecule has 0 atom stereocenters. The summed E-state index contributed by atoms with van der Waals surface area (Å²) in [6.07, 6.45) is 5.26. The van der Waals surface area contributed by atoms with E-state index in [4.69, 9.17) is 4.74 Å². The van der Waals surface area contributed by atoms with Crippen LogP contribution in [-0.4, -0.2) is 19.3 Å². The number of methoxy groups -OCH3 is 1. The summed E-state index contributed by atoms with van der Waals surface area (Å²) in [6.45, 7) is 0. The predicted octanol–water partition coefficient (Wildman–Crippen LogP) is 3.66. The van der Waals surface area contributed by atoms with Gasteiger partial charge >= 0.3 is 0 Å². The van der Waals surface area contributed by atoms with Crippen LogP contribution in [0, 0.1) is 3.57 Å². The first-order valence-electron chi connectivity index (χ1n) is 5.83. The Hall–Kier alpha value is -0.290. The third-order valence-electron chi connectivity index (χ3n) is 3.20. The van der Waals surface area contributed by atoms with Crippen LogP contribution in [0.3, 0.4) is 0 Å². The largest absolute Gasteiger partial charge is 0.382 e. The van der Waals surface area contributed by atoms with E-state index < -0.39 is 0 Å². The van der Waals surface area contributed by atoms with Crippen LogP contribution >= 0.6 is 22.6 Å². The van der Waals surface area contributed by atoms with Crippen molar-refractivity contribution in [1.29, 1.82) is 0 Å². The summed E-state index contributed by atoms with van der Waals surface area (Å²) in [7, 11) is 1.82. The molecule has 88 valence electrons. The van der Waals surface area contributed by atoms with Crippen molar-refractivity contribution in [1.82, 2.24) is 0 Å². The van der Waals surface area contributed by atoms with Crippen molar-refractivity contribution >= 4 is 28.3 Å². The van der Waals surface area contributed by atoms with Gasteiger partial charge in [0.1, 0.15) is 0 Å². The van der Waals surface area contributed by atoms with Crippen LogP contribution < -0.4 is 5.32 Å². The highest BCUT2D eigenvalue weighted by molar-refractivity contribution is 14.1. The minimum atomic E-state index is 0.481. The van der Waals surface area contributed by atoms with Crippen LogP contribution in [0.4, 0.5) is 5.69 Å². The van der Waals surface area contributed by atoms with Gasteiger partial charge in [-0.3, -0.25) is 0 Å². The van der Waals surface area contributed by atoms with Crippen molar-refractivity contribution < 1.29 is 4.74 Å². The summed E-state index contributed by atoms with van der Waals surface area (Å²) < 4.78 is 6.67. The Morgan fingerprint density at radius 1 is 1.25 bits per heavy atom. The first-order valence-corrected chi connectivity index (χ1v) is 6.90. The fourth-order valence-corrected chi connectivity index (χ4v) is 2.80. The van der Waals surface area contributed by atoms with E-state index in [0.29, 0.717) is 12.1 Å². The molecule has 0 bridgehead atoms. The van der Waals surface area contributed by atoms with Crippen LogP contribution in [0.1, 0.15) is 25.7 Å². The summed E-state index contributed by atoms with van der Waals surface area (Å²) in [5, 5.41) is 3.61. The molecular formula is C13H18INO. The van der Waals surface area contributed by atoms with Crippen molar-refractivity contribution in [3.05, 3.63) is 27.8 Å². The van der Waals surface area contributed by atoms with E-state index in [1.165, 1.54) is 34.9 Å². The number of nitrogens with one attached hydrogen (secondary N) is 1. The molecule has 1 aromatic rings. The van der Waals surface area contributed by atoms with Gasteiger partial charge in [0.25, 0.3) is 0 Å². The van der Waals surface area contributed by atoms with E-state index in [-0.39, 0.29) is 0 Å². The predicted molar refractivity (Wildman–Crippen MR) is 75.8 cm³/mol. The topological polar surface area (TPSA) is 21.3 Å². The van der Waals surface area contributed by atoms with Crippen molar-refractivity contribution in [3.8, 4) is 0 Å². The van der Waals surface area contributed by atoms with E-state index in [9.17, 15) is 0 Å². The van der Waals surface area contributed by atoms with Gasteiger partial charge in [0, 0.05) is 22.4 Å². The lowest BCUT2D eigenvalue weighted by Crippen LogP contribution is -2.29. The summed E-state index contributed by atoms with van der Waals surface area (Å²) in [5.41, 5.74) is 1.24. The maximum atomic E-state index is 5.38. The number of hydrogen-bond acceptors (Lipinski definition) is 2. The molecule has 0 radical (unpaired) electrons. The molecule has 1 aliphatic rings. The molecule has 1 aromatic carbocycles. The van der Waals surface area contributed by atoms with Crippen molar-refractivity contribution in [2.24, 2.45) is 0 Å². The lowest BCUT2D eigenvalue weighted by molar-refractivity contribution is 0.0682. The third-order valence-corrected chi connectivity index (χ3v) is 3.87. The zero-order valence-corrected chi connectivity index (χ0v) is 11.7. The molecule has 2 nitrogen and oxygen atoms in total. The quantitative estimate of drug-likeness (QED) is 0.854. The van der Waals surface area contributed by atoms with Crippen molar-refractivity contribution in [2.75, 3.05) is 12.4 Å². The number of anilines is 1. The molecular weight excluding hydrogens is 313 g/mol.